The molecule has 0 saturated carbocycles. The maximum absolute atomic E-state index is 5.72. The van der Waals surface area contributed by atoms with Crippen molar-refractivity contribution in [3.8, 4) is 11.5 Å². The zero-order valence-electron chi connectivity index (χ0n) is 12.7. The van der Waals surface area contributed by atoms with Crippen LogP contribution in [-0.2, 0) is 0 Å². The van der Waals surface area contributed by atoms with Crippen molar-refractivity contribution < 1.29 is 9.47 Å². The van der Waals surface area contributed by atoms with E-state index in [0.717, 1.165) is 28.0 Å². The normalized spacial score (nSPS) is 9.73. The zero-order chi connectivity index (χ0) is 15.9. The number of benzene rings is 3. The van der Waals surface area contributed by atoms with Gasteiger partial charge in [-0.25, -0.2) is 0 Å². The summed E-state index contributed by atoms with van der Waals surface area (Å²) in [5.41, 5.74) is 12.6. The number of ether oxygens (including phenoxy) is 2. The predicted octanol–water partition coefficient (Wildman–Crippen LogP) is 3.71. The molecule has 0 radical (unpaired) electrons. The lowest BCUT2D eigenvalue weighted by Crippen LogP contribution is -1.89. The minimum atomic E-state index is 0.681. The molecular weight excluding hydrogens is 276 g/mol. The maximum atomic E-state index is 5.72. The Labute approximate surface area is 130 Å². The van der Waals surface area contributed by atoms with Crippen LogP contribution in [-0.4, -0.2) is 14.2 Å². The van der Waals surface area contributed by atoms with Crippen LogP contribution >= 0.6 is 0 Å². The van der Waals surface area contributed by atoms with E-state index in [2.05, 4.69) is 0 Å². The quantitative estimate of drug-likeness (QED) is 0.707. The minimum Gasteiger partial charge on any atom is -0.496 e. The highest BCUT2D eigenvalue weighted by Crippen LogP contribution is 2.28. The number of hydrogen-bond acceptors (Lipinski definition) is 4. The number of para-hydroxylation sites is 2. The molecule has 0 bridgehead atoms. The van der Waals surface area contributed by atoms with Gasteiger partial charge in [0.25, 0.3) is 0 Å². The molecular formula is C18H20N2O2. The fourth-order valence-electron chi connectivity index (χ4n) is 2.13. The van der Waals surface area contributed by atoms with Gasteiger partial charge in [-0.3, -0.25) is 0 Å². The molecule has 114 valence electrons. The van der Waals surface area contributed by atoms with Crippen LogP contribution in [0.15, 0.2) is 60.7 Å². The third kappa shape index (κ3) is 3.61. The monoisotopic (exact) mass is 296 g/mol. The summed E-state index contributed by atoms with van der Waals surface area (Å²) in [5, 5.41) is 2.21. The summed E-state index contributed by atoms with van der Waals surface area (Å²) in [6, 6.07) is 19.2. The predicted molar refractivity (Wildman–Crippen MR) is 92.3 cm³/mol. The average Bonchev–Trinajstić information content (AvgIpc) is 2.55. The number of hydrogen-bond donors (Lipinski definition) is 2. The maximum Gasteiger partial charge on any atom is 0.141 e. The molecule has 0 heterocycles. The van der Waals surface area contributed by atoms with Crippen LogP contribution in [0.1, 0.15) is 0 Å². The highest BCUT2D eigenvalue weighted by molar-refractivity contribution is 5.91. The molecule has 0 aromatic heterocycles. The van der Waals surface area contributed by atoms with E-state index in [9.17, 15) is 0 Å². The summed E-state index contributed by atoms with van der Waals surface area (Å²) in [5.74, 6) is 1.56. The molecule has 3 aromatic rings. The molecule has 3 aromatic carbocycles. The Bertz CT molecular complexity index is 757. The highest BCUT2D eigenvalue weighted by atomic mass is 16.5. The second-order valence-corrected chi connectivity index (χ2v) is 4.69. The van der Waals surface area contributed by atoms with E-state index in [1.54, 1.807) is 20.3 Å². The second kappa shape index (κ2) is 7.22. The smallest absolute Gasteiger partial charge is 0.141 e. The number of nitrogens with two attached hydrogens (primary N) is 2. The van der Waals surface area contributed by atoms with Gasteiger partial charge in [-0.2, -0.15) is 0 Å². The third-order valence-electron chi connectivity index (χ3n) is 3.21. The first kappa shape index (κ1) is 15.5. The summed E-state index contributed by atoms with van der Waals surface area (Å²) in [6.07, 6.45) is 0. The minimum absolute atomic E-state index is 0.681. The molecule has 0 aliphatic heterocycles. The van der Waals surface area contributed by atoms with Crippen LogP contribution in [0, 0.1) is 0 Å². The Morgan fingerprint density at radius 1 is 0.727 bits per heavy atom. The van der Waals surface area contributed by atoms with Crippen LogP contribution in [0.5, 0.6) is 11.5 Å². The molecule has 0 fully saturated rings. The topological polar surface area (TPSA) is 70.5 Å². The molecule has 0 amide bonds. The zero-order valence-corrected chi connectivity index (χ0v) is 12.7. The van der Waals surface area contributed by atoms with Gasteiger partial charge in [0.2, 0.25) is 0 Å². The van der Waals surface area contributed by atoms with Crippen molar-refractivity contribution in [2.75, 3.05) is 25.7 Å². The lowest BCUT2D eigenvalue weighted by Gasteiger charge is -2.06. The number of nitrogen functional groups attached to an aromatic ring is 2. The van der Waals surface area contributed by atoms with E-state index in [0.29, 0.717) is 5.69 Å². The van der Waals surface area contributed by atoms with Gasteiger partial charge in [-0.1, -0.05) is 36.4 Å². The van der Waals surface area contributed by atoms with Crippen LogP contribution < -0.4 is 20.9 Å². The first-order valence-corrected chi connectivity index (χ1v) is 6.86. The van der Waals surface area contributed by atoms with Crippen LogP contribution in [0.25, 0.3) is 10.8 Å². The van der Waals surface area contributed by atoms with E-state index in [1.165, 1.54) is 0 Å². The number of fused-ring (bicyclic) bond motifs is 1. The lowest BCUT2D eigenvalue weighted by molar-refractivity contribution is 0.417. The van der Waals surface area contributed by atoms with Crippen molar-refractivity contribution in [1.29, 1.82) is 0 Å². The Balaban J connectivity index is 0.000000172. The highest BCUT2D eigenvalue weighted by Gasteiger charge is 2.00. The van der Waals surface area contributed by atoms with Crippen LogP contribution in [0.4, 0.5) is 11.4 Å². The van der Waals surface area contributed by atoms with Gasteiger partial charge < -0.3 is 20.9 Å². The molecule has 0 aliphatic carbocycles. The molecule has 22 heavy (non-hydrogen) atoms. The fraction of sp³-hybridized carbons (Fsp3) is 0.111. The summed E-state index contributed by atoms with van der Waals surface area (Å²) in [7, 11) is 3.26. The van der Waals surface area contributed by atoms with E-state index in [-0.39, 0.29) is 0 Å². The summed E-state index contributed by atoms with van der Waals surface area (Å²) in [4.78, 5) is 0. The summed E-state index contributed by atoms with van der Waals surface area (Å²) < 4.78 is 10.1. The molecule has 0 aliphatic rings. The summed E-state index contributed by atoms with van der Waals surface area (Å²) in [6.45, 7) is 0. The molecule has 4 N–H and O–H groups in total. The second-order valence-electron chi connectivity index (χ2n) is 4.69. The molecule has 0 unspecified atom stereocenters. The van der Waals surface area contributed by atoms with Gasteiger partial charge in [0.1, 0.15) is 11.5 Å². The SMILES string of the molecule is COc1cc(N)cc2ccccc12.COc1ccccc1N. The van der Waals surface area contributed by atoms with Crippen LogP contribution in [0.3, 0.4) is 0 Å². The number of anilines is 2. The van der Waals surface area contributed by atoms with Gasteiger partial charge in [-0.05, 0) is 23.6 Å². The molecule has 0 saturated heterocycles. The van der Waals surface area contributed by atoms with E-state index < -0.39 is 0 Å². The fourth-order valence-corrected chi connectivity index (χ4v) is 2.13. The van der Waals surface area contributed by atoms with Gasteiger partial charge in [-0.15, -0.1) is 0 Å². The lowest BCUT2D eigenvalue weighted by atomic mass is 10.1. The van der Waals surface area contributed by atoms with Crippen molar-refractivity contribution in [3.63, 3.8) is 0 Å². The Morgan fingerprint density at radius 2 is 1.36 bits per heavy atom. The van der Waals surface area contributed by atoms with Gasteiger partial charge in [0.05, 0.1) is 19.9 Å². The van der Waals surface area contributed by atoms with Crippen molar-refractivity contribution in [3.05, 3.63) is 60.7 Å². The first-order chi connectivity index (χ1) is 10.7. The molecule has 0 spiro atoms. The Kier molecular flexibility index (Phi) is 5.09. The van der Waals surface area contributed by atoms with Crippen molar-refractivity contribution >= 4 is 22.1 Å². The van der Waals surface area contributed by atoms with Crippen molar-refractivity contribution in [2.24, 2.45) is 0 Å². The Hall–Kier alpha value is -2.88. The standard InChI is InChI=1S/C11H11NO.C7H9NO/c1-13-11-7-9(12)6-8-4-2-3-5-10(8)11;1-9-7-5-3-2-4-6(7)8/h2-7H,12H2,1H3;2-5H,8H2,1H3. The van der Waals surface area contributed by atoms with E-state index in [1.807, 2.05) is 54.6 Å². The van der Waals surface area contributed by atoms with E-state index in [4.69, 9.17) is 20.9 Å². The van der Waals surface area contributed by atoms with Crippen molar-refractivity contribution in [2.45, 2.75) is 0 Å². The van der Waals surface area contributed by atoms with Gasteiger partial charge in [0, 0.05) is 17.1 Å². The molecule has 4 heteroatoms. The molecule has 3 rings (SSSR count). The third-order valence-corrected chi connectivity index (χ3v) is 3.21. The molecule has 4 nitrogen and oxygen atoms in total. The first-order valence-electron chi connectivity index (χ1n) is 6.86. The van der Waals surface area contributed by atoms with Gasteiger partial charge in [0.15, 0.2) is 0 Å². The summed E-state index contributed by atoms with van der Waals surface area (Å²) >= 11 is 0. The van der Waals surface area contributed by atoms with Gasteiger partial charge >= 0.3 is 0 Å². The average molecular weight is 296 g/mol. The van der Waals surface area contributed by atoms with E-state index >= 15 is 0 Å². The Morgan fingerprint density at radius 3 is 2.00 bits per heavy atom. The largest absolute Gasteiger partial charge is 0.496 e. The van der Waals surface area contributed by atoms with Crippen molar-refractivity contribution in [1.82, 2.24) is 0 Å². The van der Waals surface area contributed by atoms with Crippen LogP contribution in [0.2, 0.25) is 0 Å². The number of rotatable bonds is 2. The molecule has 0 atom stereocenters. The number of methoxy groups -OCH3 is 2.